The molecule has 21 heavy (non-hydrogen) atoms. The molecule has 1 amide bonds. The third-order valence-corrected chi connectivity index (χ3v) is 3.88. The van der Waals surface area contributed by atoms with Crippen LogP contribution in [0.1, 0.15) is 11.3 Å². The van der Waals surface area contributed by atoms with Gasteiger partial charge < -0.3 is 14.8 Å². The monoisotopic (exact) mass is 286 g/mol. The number of rotatable bonds is 3. The topological polar surface area (TPSA) is 65.6 Å². The van der Waals surface area contributed by atoms with Crippen molar-refractivity contribution in [3.8, 4) is 0 Å². The van der Waals surface area contributed by atoms with Gasteiger partial charge in [-0.15, -0.1) is 0 Å². The van der Waals surface area contributed by atoms with E-state index in [4.69, 9.17) is 4.74 Å². The Bertz CT molecular complexity index is 677. The molecule has 1 atom stereocenters. The van der Waals surface area contributed by atoms with Gasteiger partial charge in [0.05, 0.1) is 19.2 Å². The third-order valence-electron chi connectivity index (χ3n) is 3.88. The predicted molar refractivity (Wildman–Crippen MR) is 80.0 cm³/mol. The largest absolute Gasteiger partial charge is 0.445 e. The summed E-state index contributed by atoms with van der Waals surface area (Å²) < 4.78 is 5.10. The molecule has 2 N–H and O–H groups in total. The molecule has 1 aliphatic rings. The fourth-order valence-corrected chi connectivity index (χ4v) is 2.86. The number of carbonyl (C=O) groups excluding carboxylic acids is 1. The van der Waals surface area contributed by atoms with Gasteiger partial charge in [0.15, 0.2) is 0 Å². The van der Waals surface area contributed by atoms with E-state index in [0.29, 0.717) is 13.0 Å². The molecule has 1 aromatic carbocycles. The zero-order valence-electron chi connectivity index (χ0n) is 11.7. The van der Waals surface area contributed by atoms with Gasteiger partial charge in [-0.05, 0) is 18.1 Å². The number of para-hydroxylation sites is 1. The molecule has 0 radical (unpaired) electrons. The Morgan fingerprint density at radius 2 is 2.33 bits per heavy atom. The summed E-state index contributed by atoms with van der Waals surface area (Å²) in [7, 11) is 0. The smallest absolute Gasteiger partial charge is 0.410 e. The number of hydrogen-bond donors (Lipinski definition) is 2. The second-order valence-electron chi connectivity index (χ2n) is 5.16. The summed E-state index contributed by atoms with van der Waals surface area (Å²) in [4.78, 5) is 17.0. The minimum atomic E-state index is -0.418. The van der Waals surface area contributed by atoms with E-state index in [1.807, 2.05) is 18.2 Å². The highest BCUT2D eigenvalue weighted by Crippen LogP contribution is 2.30. The number of aliphatic hydroxyl groups is 1. The van der Waals surface area contributed by atoms with Gasteiger partial charge in [-0.2, -0.15) is 0 Å². The minimum absolute atomic E-state index is 0.0812. The van der Waals surface area contributed by atoms with E-state index in [9.17, 15) is 9.90 Å². The van der Waals surface area contributed by atoms with Crippen LogP contribution < -0.4 is 0 Å². The maximum atomic E-state index is 12.1. The molecule has 2 aromatic rings. The number of H-pyrrole nitrogens is 1. The van der Waals surface area contributed by atoms with Crippen molar-refractivity contribution in [2.24, 2.45) is 0 Å². The number of nitrogens with one attached hydrogen (secondary N) is 1. The van der Waals surface area contributed by atoms with E-state index in [0.717, 1.165) is 16.6 Å². The van der Waals surface area contributed by atoms with Crippen molar-refractivity contribution < 1.29 is 14.6 Å². The van der Waals surface area contributed by atoms with Crippen LogP contribution in [0.5, 0.6) is 0 Å². The van der Waals surface area contributed by atoms with E-state index in [2.05, 4.69) is 17.6 Å². The number of hydrogen-bond acceptors (Lipinski definition) is 3. The molecular weight excluding hydrogens is 268 g/mol. The molecular formula is C16H18N2O3. The van der Waals surface area contributed by atoms with E-state index in [-0.39, 0.29) is 19.3 Å². The van der Waals surface area contributed by atoms with Gasteiger partial charge in [0.25, 0.3) is 0 Å². The van der Waals surface area contributed by atoms with Crippen LogP contribution in [0.15, 0.2) is 36.9 Å². The first-order valence-corrected chi connectivity index (χ1v) is 6.98. The summed E-state index contributed by atoms with van der Waals surface area (Å²) in [5.41, 5.74) is 3.24. The molecule has 0 saturated heterocycles. The molecule has 0 fully saturated rings. The molecule has 0 saturated carbocycles. The van der Waals surface area contributed by atoms with Crippen LogP contribution in [0.2, 0.25) is 0 Å². The number of amides is 1. The Labute approximate surface area is 122 Å². The van der Waals surface area contributed by atoms with Gasteiger partial charge in [0.1, 0.15) is 6.61 Å². The molecule has 110 valence electrons. The Hall–Kier alpha value is -2.27. The lowest BCUT2D eigenvalue weighted by Gasteiger charge is -2.33. The molecule has 1 aromatic heterocycles. The normalized spacial score (nSPS) is 17.6. The summed E-state index contributed by atoms with van der Waals surface area (Å²) in [6.45, 7) is 4.04. The molecule has 3 rings (SSSR count). The fraction of sp³-hybridized carbons (Fsp3) is 0.312. The van der Waals surface area contributed by atoms with E-state index in [1.165, 1.54) is 11.6 Å². The Morgan fingerprint density at radius 1 is 1.52 bits per heavy atom. The molecule has 0 spiro atoms. The molecule has 5 nitrogen and oxygen atoms in total. The lowest BCUT2D eigenvalue weighted by atomic mass is 9.97. The van der Waals surface area contributed by atoms with Gasteiger partial charge in [-0.25, -0.2) is 4.79 Å². The summed E-state index contributed by atoms with van der Waals surface area (Å²) in [5.74, 6) is 0. The number of ether oxygens (including phenoxy) is 1. The van der Waals surface area contributed by atoms with Gasteiger partial charge >= 0.3 is 6.09 Å². The predicted octanol–water partition coefficient (Wildman–Crippen LogP) is 2.21. The number of aliphatic hydroxyl groups excluding tert-OH is 1. The minimum Gasteiger partial charge on any atom is -0.445 e. The fourth-order valence-electron chi connectivity index (χ4n) is 2.86. The maximum Gasteiger partial charge on any atom is 0.410 e. The van der Waals surface area contributed by atoms with E-state index in [1.54, 1.807) is 4.90 Å². The zero-order valence-corrected chi connectivity index (χ0v) is 11.7. The van der Waals surface area contributed by atoms with Crippen LogP contribution in [-0.4, -0.2) is 40.3 Å². The van der Waals surface area contributed by atoms with Crippen molar-refractivity contribution in [2.75, 3.05) is 13.2 Å². The van der Waals surface area contributed by atoms with Gasteiger partial charge in [0.2, 0.25) is 0 Å². The maximum absolute atomic E-state index is 12.1. The van der Waals surface area contributed by atoms with Gasteiger partial charge in [-0.3, -0.25) is 4.90 Å². The van der Waals surface area contributed by atoms with Crippen LogP contribution in [0, 0.1) is 0 Å². The van der Waals surface area contributed by atoms with Crippen LogP contribution in [0.4, 0.5) is 4.79 Å². The van der Waals surface area contributed by atoms with E-state index >= 15 is 0 Å². The number of fused-ring (bicyclic) bond motifs is 3. The van der Waals surface area contributed by atoms with Crippen molar-refractivity contribution in [2.45, 2.75) is 19.0 Å². The first-order chi connectivity index (χ1) is 10.2. The Balaban J connectivity index is 1.92. The summed E-state index contributed by atoms with van der Waals surface area (Å²) in [5, 5.41) is 10.7. The first kappa shape index (κ1) is 13.7. The van der Waals surface area contributed by atoms with Crippen molar-refractivity contribution in [3.05, 3.63) is 48.2 Å². The Morgan fingerprint density at radius 3 is 3.10 bits per heavy atom. The zero-order chi connectivity index (χ0) is 14.8. The number of aromatic amines is 1. The number of benzene rings is 1. The molecule has 0 aliphatic carbocycles. The molecule has 1 unspecified atom stereocenters. The van der Waals surface area contributed by atoms with Crippen molar-refractivity contribution in [3.63, 3.8) is 0 Å². The first-order valence-electron chi connectivity index (χ1n) is 6.98. The quantitative estimate of drug-likeness (QED) is 0.850. The average molecular weight is 286 g/mol. The Kier molecular flexibility index (Phi) is 3.66. The van der Waals surface area contributed by atoms with Gasteiger partial charge in [-0.1, -0.05) is 30.9 Å². The van der Waals surface area contributed by atoms with Crippen molar-refractivity contribution in [1.29, 1.82) is 0 Å². The average Bonchev–Trinajstić information content (AvgIpc) is 2.88. The van der Waals surface area contributed by atoms with Gasteiger partial charge in [0, 0.05) is 16.6 Å². The van der Waals surface area contributed by atoms with Crippen LogP contribution in [-0.2, 0) is 17.7 Å². The lowest BCUT2D eigenvalue weighted by molar-refractivity contribution is 0.0665. The molecule has 2 heterocycles. The van der Waals surface area contributed by atoms with Crippen LogP contribution in [0.3, 0.4) is 0 Å². The summed E-state index contributed by atoms with van der Waals surface area (Å²) >= 11 is 0. The SMILES string of the molecule is C=CCOC(=O)N1Cc2[nH]c3ccccc3c2CC1CO. The molecule has 0 bridgehead atoms. The highest BCUT2D eigenvalue weighted by Gasteiger charge is 2.32. The number of carbonyl (C=O) groups is 1. The number of aromatic nitrogens is 1. The summed E-state index contributed by atoms with van der Waals surface area (Å²) in [6.07, 6.45) is 1.74. The molecule has 1 aliphatic heterocycles. The highest BCUT2D eigenvalue weighted by molar-refractivity contribution is 5.85. The number of nitrogens with zero attached hydrogens (tertiary/aromatic N) is 1. The second kappa shape index (κ2) is 5.61. The second-order valence-corrected chi connectivity index (χ2v) is 5.16. The van der Waals surface area contributed by atoms with Crippen LogP contribution in [0.25, 0.3) is 10.9 Å². The summed E-state index contributed by atoms with van der Waals surface area (Å²) in [6, 6.07) is 7.79. The van der Waals surface area contributed by atoms with Crippen LogP contribution >= 0.6 is 0 Å². The van der Waals surface area contributed by atoms with E-state index < -0.39 is 6.09 Å². The highest BCUT2D eigenvalue weighted by atomic mass is 16.6. The molecule has 5 heteroatoms. The third kappa shape index (κ3) is 2.40. The standard InChI is InChI=1S/C16H18N2O3/c1-2-7-21-16(20)18-9-15-13(8-11(18)10-19)12-5-3-4-6-14(12)17-15/h2-6,11,17,19H,1,7-10H2. The van der Waals surface area contributed by atoms with Crippen molar-refractivity contribution >= 4 is 17.0 Å². The van der Waals surface area contributed by atoms with Crippen molar-refractivity contribution in [1.82, 2.24) is 9.88 Å². The lowest BCUT2D eigenvalue weighted by Crippen LogP contribution is -2.46.